The zero-order valence-corrected chi connectivity index (χ0v) is 12.3. The van der Waals surface area contributed by atoms with Gasteiger partial charge in [-0.2, -0.15) is 0 Å². The van der Waals surface area contributed by atoms with Crippen LogP contribution in [0.2, 0.25) is 0 Å². The molecule has 1 aliphatic heterocycles. The average Bonchev–Trinajstić information content (AvgIpc) is 2.41. The maximum absolute atomic E-state index is 13.3. The van der Waals surface area contributed by atoms with Crippen molar-refractivity contribution < 1.29 is 13.9 Å². The fraction of sp³-hybridized carbons (Fsp3) is 0.500. The molecule has 0 aromatic heterocycles. The molecule has 1 aromatic rings. The summed E-state index contributed by atoms with van der Waals surface area (Å²) in [6.07, 6.45) is 0.276. The minimum Gasteiger partial charge on any atom is -0.490 e. The number of ether oxygens (including phenoxy) is 1. The highest BCUT2D eigenvalue weighted by Gasteiger charge is 2.22. The number of rotatable bonds is 4. The van der Waals surface area contributed by atoms with Crippen molar-refractivity contribution in [3.05, 3.63) is 30.1 Å². The third-order valence-corrected chi connectivity index (χ3v) is 3.23. The predicted molar refractivity (Wildman–Crippen MR) is 77.8 cm³/mol. The van der Waals surface area contributed by atoms with E-state index in [0.29, 0.717) is 0 Å². The van der Waals surface area contributed by atoms with Gasteiger partial charge in [-0.05, 0) is 19.1 Å². The molecule has 1 atom stereocenters. The van der Waals surface area contributed by atoms with E-state index in [2.05, 4.69) is 5.32 Å². The third-order valence-electron chi connectivity index (χ3n) is 3.23. The summed E-state index contributed by atoms with van der Waals surface area (Å²) >= 11 is 0. The van der Waals surface area contributed by atoms with Crippen LogP contribution in [0.3, 0.4) is 0 Å². The predicted octanol–water partition coefficient (Wildman–Crippen LogP) is 1.84. The molecule has 2 rings (SSSR count). The van der Waals surface area contributed by atoms with Crippen LogP contribution in [0.4, 0.5) is 4.39 Å². The van der Waals surface area contributed by atoms with E-state index in [1.54, 1.807) is 18.2 Å². The van der Waals surface area contributed by atoms with Gasteiger partial charge in [0.2, 0.25) is 5.91 Å². The molecular formula is C14H20ClFN2O2. The lowest BCUT2D eigenvalue weighted by Gasteiger charge is -2.34. The van der Waals surface area contributed by atoms with E-state index in [1.807, 2.05) is 11.8 Å². The standard InChI is InChI=1S/C14H19FN2O2.ClH/c1-11-10-16-7-8-17(11)14(18)6-9-19-13-5-3-2-4-12(13)15;/h2-5,11,16H,6-10H2,1H3;1H. The Balaban J connectivity index is 0.00000200. The summed E-state index contributed by atoms with van der Waals surface area (Å²) in [7, 11) is 0. The first-order valence-corrected chi connectivity index (χ1v) is 6.56. The van der Waals surface area contributed by atoms with E-state index in [-0.39, 0.29) is 43.1 Å². The number of halogens is 2. The molecule has 4 nitrogen and oxygen atoms in total. The summed E-state index contributed by atoms with van der Waals surface area (Å²) in [6, 6.07) is 6.42. The molecule has 20 heavy (non-hydrogen) atoms. The zero-order chi connectivity index (χ0) is 13.7. The van der Waals surface area contributed by atoms with Gasteiger partial charge in [-0.15, -0.1) is 12.4 Å². The van der Waals surface area contributed by atoms with Gasteiger partial charge < -0.3 is 15.0 Å². The van der Waals surface area contributed by atoms with Crippen LogP contribution in [0.5, 0.6) is 5.75 Å². The van der Waals surface area contributed by atoms with Crippen molar-refractivity contribution in [2.75, 3.05) is 26.2 Å². The summed E-state index contributed by atoms with van der Waals surface area (Å²) in [5.41, 5.74) is 0. The van der Waals surface area contributed by atoms with Crippen LogP contribution in [-0.2, 0) is 4.79 Å². The number of carbonyl (C=O) groups excluding carboxylic acids is 1. The van der Waals surface area contributed by atoms with Crippen LogP contribution in [0.1, 0.15) is 13.3 Å². The highest BCUT2D eigenvalue weighted by atomic mass is 35.5. The Morgan fingerprint density at radius 2 is 2.25 bits per heavy atom. The molecule has 0 bridgehead atoms. The summed E-state index contributed by atoms with van der Waals surface area (Å²) < 4.78 is 18.6. The van der Waals surface area contributed by atoms with Gasteiger partial charge in [0, 0.05) is 25.7 Å². The van der Waals surface area contributed by atoms with Crippen LogP contribution in [-0.4, -0.2) is 43.1 Å². The zero-order valence-electron chi connectivity index (χ0n) is 11.5. The van der Waals surface area contributed by atoms with Crippen molar-refractivity contribution in [3.8, 4) is 5.75 Å². The summed E-state index contributed by atoms with van der Waals surface area (Å²) in [6.45, 7) is 4.59. The molecule has 1 N–H and O–H groups in total. The molecule has 6 heteroatoms. The largest absolute Gasteiger partial charge is 0.490 e. The SMILES string of the molecule is CC1CNCCN1C(=O)CCOc1ccccc1F.Cl. The Labute approximate surface area is 124 Å². The fourth-order valence-corrected chi connectivity index (χ4v) is 2.17. The fourth-order valence-electron chi connectivity index (χ4n) is 2.17. The van der Waals surface area contributed by atoms with Crippen LogP contribution in [0.15, 0.2) is 24.3 Å². The Hall–Kier alpha value is -1.33. The monoisotopic (exact) mass is 302 g/mol. The Morgan fingerprint density at radius 3 is 2.95 bits per heavy atom. The van der Waals surface area contributed by atoms with Gasteiger partial charge in [-0.25, -0.2) is 4.39 Å². The topological polar surface area (TPSA) is 41.6 Å². The molecule has 112 valence electrons. The maximum Gasteiger partial charge on any atom is 0.226 e. The van der Waals surface area contributed by atoms with Crippen molar-refractivity contribution >= 4 is 18.3 Å². The van der Waals surface area contributed by atoms with Gasteiger partial charge in [0.15, 0.2) is 11.6 Å². The van der Waals surface area contributed by atoms with Crippen LogP contribution < -0.4 is 10.1 Å². The number of carbonyl (C=O) groups is 1. The number of benzene rings is 1. The quantitative estimate of drug-likeness (QED) is 0.923. The van der Waals surface area contributed by atoms with E-state index >= 15 is 0 Å². The van der Waals surface area contributed by atoms with Gasteiger partial charge in [-0.3, -0.25) is 4.79 Å². The highest BCUT2D eigenvalue weighted by molar-refractivity contribution is 5.85. The average molecular weight is 303 g/mol. The van der Waals surface area contributed by atoms with E-state index in [0.717, 1.165) is 19.6 Å². The lowest BCUT2D eigenvalue weighted by atomic mass is 10.2. The van der Waals surface area contributed by atoms with Crippen molar-refractivity contribution in [3.63, 3.8) is 0 Å². The number of piperazine rings is 1. The summed E-state index contributed by atoms with van der Waals surface area (Å²) in [5.74, 6) is -0.139. The molecule has 1 unspecified atom stereocenters. The Kier molecular flexibility index (Phi) is 6.75. The highest BCUT2D eigenvalue weighted by Crippen LogP contribution is 2.15. The maximum atomic E-state index is 13.3. The van der Waals surface area contributed by atoms with Gasteiger partial charge in [0.05, 0.1) is 13.0 Å². The minimum atomic E-state index is -0.398. The molecular weight excluding hydrogens is 283 g/mol. The number of para-hydroxylation sites is 1. The lowest BCUT2D eigenvalue weighted by Crippen LogP contribution is -2.52. The number of amides is 1. The molecule has 1 saturated heterocycles. The first-order chi connectivity index (χ1) is 9.18. The van der Waals surface area contributed by atoms with Gasteiger partial charge in [-0.1, -0.05) is 12.1 Å². The second kappa shape index (κ2) is 8.07. The van der Waals surface area contributed by atoms with Crippen LogP contribution in [0.25, 0.3) is 0 Å². The smallest absolute Gasteiger partial charge is 0.226 e. The van der Waals surface area contributed by atoms with Crippen LogP contribution in [0, 0.1) is 5.82 Å². The Bertz CT molecular complexity index is 445. The van der Waals surface area contributed by atoms with E-state index in [9.17, 15) is 9.18 Å². The second-order valence-electron chi connectivity index (χ2n) is 4.67. The second-order valence-corrected chi connectivity index (χ2v) is 4.67. The molecule has 1 aliphatic rings. The van der Waals surface area contributed by atoms with E-state index in [4.69, 9.17) is 4.74 Å². The minimum absolute atomic E-state index is 0. The van der Waals surface area contributed by atoms with E-state index < -0.39 is 5.82 Å². The molecule has 0 spiro atoms. The van der Waals surface area contributed by atoms with Gasteiger partial charge in [0.25, 0.3) is 0 Å². The number of nitrogens with zero attached hydrogens (tertiary/aromatic N) is 1. The lowest BCUT2D eigenvalue weighted by molar-refractivity contribution is -0.134. The van der Waals surface area contributed by atoms with Crippen molar-refractivity contribution in [2.45, 2.75) is 19.4 Å². The van der Waals surface area contributed by atoms with Crippen LogP contribution >= 0.6 is 12.4 Å². The summed E-state index contributed by atoms with van der Waals surface area (Å²) in [4.78, 5) is 13.9. The van der Waals surface area contributed by atoms with Crippen molar-refractivity contribution in [1.29, 1.82) is 0 Å². The molecule has 1 amide bonds. The number of nitrogens with one attached hydrogen (secondary N) is 1. The molecule has 0 radical (unpaired) electrons. The van der Waals surface area contributed by atoms with Gasteiger partial charge in [0.1, 0.15) is 0 Å². The number of hydrogen-bond donors (Lipinski definition) is 1. The first kappa shape index (κ1) is 16.7. The first-order valence-electron chi connectivity index (χ1n) is 6.56. The molecule has 1 heterocycles. The van der Waals surface area contributed by atoms with E-state index in [1.165, 1.54) is 6.07 Å². The molecule has 0 saturated carbocycles. The number of hydrogen-bond acceptors (Lipinski definition) is 3. The van der Waals surface area contributed by atoms with Crippen molar-refractivity contribution in [2.24, 2.45) is 0 Å². The molecule has 0 aliphatic carbocycles. The summed E-state index contributed by atoms with van der Waals surface area (Å²) in [5, 5.41) is 3.23. The normalized spacial score (nSPS) is 18.3. The molecule has 1 fully saturated rings. The van der Waals surface area contributed by atoms with Gasteiger partial charge >= 0.3 is 0 Å². The van der Waals surface area contributed by atoms with Crippen molar-refractivity contribution in [1.82, 2.24) is 10.2 Å². The third kappa shape index (κ3) is 4.35. The molecule has 1 aromatic carbocycles. The Morgan fingerprint density at radius 1 is 1.50 bits per heavy atom.